The van der Waals surface area contributed by atoms with Crippen LogP contribution in [-0.2, 0) is 6.54 Å². The first kappa shape index (κ1) is 17.0. The highest BCUT2D eigenvalue weighted by atomic mass is 16.5. The maximum atomic E-state index is 5.83. The molecule has 1 aromatic rings. The molecular weight excluding hydrogens is 248 g/mol. The zero-order chi connectivity index (χ0) is 15.2. The van der Waals surface area contributed by atoms with Gasteiger partial charge >= 0.3 is 0 Å². The van der Waals surface area contributed by atoms with Crippen molar-refractivity contribution in [3.05, 3.63) is 29.8 Å². The van der Waals surface area contributed by atoms with Crippen LogP contribution in [0.15, 0.2) is 24.3 Å². The first-order valence-electron chi connectivity index (χ1n) is 7.54. The first-order chi connectivity index (χ1) is 9.36. The molecule has 0 atom stereocenters. The Labute approximate surface area is 124 Å². The van der Waals surface area contributed by atoms with Gasteiger partial charge in [-0.2, -0.15) is 0 Å². The van der Waals surface area contributed by atoms with Crippen LogP contribution in [0, 0.1) is 5.41 Å². The maximum Gasteiger partial charge on any atom is 0.119 e. The van der Waals surface area contributed by atoms with E-state index in [4.69, 9.17) is 10.5 Å². The predicted octanol–water partition coefficient (Wildman–Crippen LogP) is 3.28. The second-order valence-corrected chi connectivity index (χ2v) is 6.48. The van der Waals surface area contributed by atoms with Gasteiger partial charge in [-0.3, -0.25) is 4.90 Å². The molecule has 114 valence electrons. The van der Waals surface area contributed by atoms with E-state index in [1.54, 1.807) is 0 Å². The van der Waals surface area contributed by atoms with Crippen LogP contribution in [0.3, 0.4) is 0 Å². The summed E-state index contributed by atoms with van der Waals surface area (Å²) in [5.74, 6) is 0.939. The van der Waals surface area contributed by atoms with Crippen molar-refractivity contribution < 1.29 is 4.74 Å². The van der Waals surface area contributed by atoms with E-state index in [0.29, 0.717) is 6.54 Å². The Morgan fingerprint density at radius 2 is 1.80 bits per heavy atom. The van der Waals surface area contributed by atoms with Crippen LogP contribution in [0.2, 0.25) is 0 Å². The summed E-state index contributed by atoms with van der Waals surface area (Å²) in [5, 5.41) is 0. The summed E-state index contributed by atoms with van der Waals surface area (Å²) in [4.78, 5) is 2.44. The zero-order valence-corrected chi connectivity index (χ0v) is 13.6. The van der Waals surface area contributed by atoms with Crippen molar-refractivity contribution in [3.8, 4) is 5.75 Å². The third-order valence-electron chi connectivity index (χ3n) is 3.35. The van der Waals surface area contributed by atoms with E-state index in [0.717, 1.165) is 25.4 Å². The van der Waals surface area contributed by atoms with E-state index in [-0.39, 0.29) is 11.5 Å². The summed E-state index contributed by atoms with van der Waals surface area (Å²) in [6, 6.07) is 8.40. The van der Waals surface area contributed by atoms with Gasteiger partial charge < -0.3 is 10.5 Å². The molecule has 0 saturated carbocycles. The fourth-order valence-corrected chi connectivity index (χ4v) is 2.15. The molecule has 0 spiro atoms. The molecule has 0 aliphatic heterocycles. The molecule has 2 N–H and O–H groups in total. The molecule has 0 saturated heterocycles. The molecule has 3 heteroatoms. The van der Waals surface area contributed by atoms with Gasteiger partial charge in [0, 0.05) is 13.1 Å². The molecule has 0 bridgehead atoms. The van der Waals surface area contributed by atoms with Crippen molar-refractivity contribution in [3.63, 3.8) is 0 Å². The highest BCUT2D eigenvalue weighted by molar-refractivity contribution is 5.27. The SMILES string of the molecule is CCN(Cc1ccc(OC(C)C)cc1)CC(C)(C)CN. The van der Waals surface area contributed by atoms with Gasteiger partial charge in [0.15, 0.2) is 0 Å². The molecule has 0 amide bonds. The Bertz CT molecular complexity index is 384. The molecular formula is C17H30N2O. The Balaban J connectivity index is 2.61. The van der Waals surface area contributed by atoms with E-state index >= 15 is 0 Å². The van der Waals surface area contributed by atoms with Gasteiger partial charge in [0.25, 0.3) is 0 Å². The molecule has 20 heavy (non-hydrogen) atoms. The average molecular weight is 278 g/mol. The number of hydrogen-bond acceptors (Lipinski definition) is 3. The molecule has 1 rings (SSSR count). The zero-order valence-electron chi connectivity index (χ0n) is 13.6. The standard InChI is InChI=1S/C17H30N2O/c1-6-19(13-17(4,5)12-18)11-15-7-9-16(10-8-15)20-14(2)3/h7-10,14H,6,11-13,18H2,1-5H3. The number of benzene rings is 1. The van der Waals surface area contributed by atoms with Crippen LogP contribution in [0.25, 0.3) is 0 Å². The Morgan fingerprint density at radius 1 is 1.20 bits per heavy atom. The molecule has 0 heterocycles. The van der Waals surface area contributed by atoms with Gasteiger partial charge in [-0.25, -0.2) is 0 Å². The lowest BCUT2D eigenvalue weighted by Gasteiger charge is -2.31. The lowest BCUT2D eigenvalue weighted by atomic mass is 9.93. The minimum Gasteiger partial charge on any atom is -0.491 e. The van der Waals surface area contributed by atoms with Gasteiger partial charge in [0.1, 0.15) is 5.75 Å². The lowest BCUT2D eigenvalue weighted by molar-refractivity contribution is 0.183. The van der Waals surface area contributed by atoms with Crippen molar-refractivity contribution in [2.75, 3.05) is 19.6 Å². The van der Waals surface area contributed by atoms with Crippen molar-refractivity contribution in [1.29, 1.82) is 0 Å². The first-order valence-corrected chi connectivity index (χ1v) is 7.54. The van der Waals surface area contributed by atoms with E-state index in [1.165, 1.54) is 5.56 Å². The largest absolute Gasteiger partial charge is 0.491 e. The van der Waals surface area contributed by atoms with Crippen LogP contribution >= 0.6 is 0 Å². The van der Waals surface area contributed by atoms with Gasteiger partial charge in [0.05, 0.1) is 6.10 Å². The van der Waals surface area contributed by atoms with Crippen molar-refractivity contribution in [2.45, 2.75) is 47.3 Å². The minimum absolute atomic E-state index is 0.163. The Hall–Kier alpha value is -1.06. The van der Waals surface area contributed by atoms with E-state index < -0.39 is 0 Å². The van der Waals surface area contributed by atoms with Gasteiger partial charge in [0.2, 0.25) is 0 Å². The fourth-order valence-electron chi connectivity index (χ4n) is 2.15. The summed E-state index contributed by atoms with van der Waals surface area (Å²) in [6.07, 6.45) is 0.221. The van der Waals surface area contributed by atoms with Crippen LogP contribution in [-0.4, -0.2) is 30.6 Å². The lowest BCUT2D eigenvalue weighted by Crippen LogP contribution is -2.38. The monoisotopic (exact) mass is 278 g/mol. The third kappa shape index (κ3) is 5.93. The highest BCUT2D eigenvalue weighted by Crippen LogP contribution is 2.18. The normalized spacial score (nSPS) is 12.2. The van der Waals surface area contributed by atoms with Crippen LogP contribution in [0.1, 0.15) is 40.2 Å². The molecule has 0 fully saturated rings. The second-order valence-electron chi connectivity index (χ2n) is 6.48. The predicted molar refractivity (Wildman–Crippen MR) is 86.0 cm³/mol. The number of rotatable bonds is 8. The molecule has 3 nitrogen and oxygen atoms in total. The van der Waals surface area contributed by atoms with Gasteiger partial charge in [-0.05, 0) is 50.0 Å². The van der Waals surface area contributed by atoms with Crippen molar-refractivity contribution in [2.24, 2.45) is 11.1 Å². The van der Waals surface area contributed by atoms with E-state index in [2.05, 4.69) is 49.9 Å². The molecule has 0 aromatic heterocycles. The van der Waals surface area contributed by atoms with Crippen LogP contribution in [0.4, 0.5) is 0 Å². The number of hydrogen-bond donors (Lipinski definition) is 1. The summed E-state index contributed by atoms with van der Waals surface area (Å²) in [5.41, 5.74) is 7.30. The molecule has 0 aliphatic carbocycles. The highest BCUT2D eigenvalue weighted by Gasteiger charge is 2.19. The van der Waals surface area contributed by atoms with Crippen LogP contribution < -0.4 is 10.5 Å². The summed E-state index contributed by atoms with van der Waals surface area (Å²) in [7, 11) is 0. The average Bonchev–Trinajstić information content (AvgIpc) is 2.39. The molecule has 0 unspecified atom stereocenters. The smallest absolute Gasteiger partial charge is 0.119 e. The summed E-state index contributed by atoms with van der Waals surface area (Å²) in [6.45, 7) is 14.4. The Kier molecular flexibility index (Phi) is 6.50. The van der Waals surface area contributed by atoms with Gasteiger partial charge in [-0.15, -0.1) is 0 Å². The van der Waals surface area contributed by atoms with Crippen molar-refractivity contribution >= 4 is 0 Å². The quantitative estimate of drug-likeness (QED) is 0.793. The van der Waals surface area contributed by atoms with Crippen LogP contribution in [0.5, 0.6) is 5.75 Å². The van der Waals surface area contributed by atoms with E-state index in [9.17, 15) is 0 Å². The molecule has 1 aromatic carbocycles. The van der Waals surface area contributed by atoms with Gasteiger partial charge in [-0.1, -0.05) is 32.9 Å². The minimum atomic E-state index is 0.163. The topological polar surface area (TPSA) is 38.5 Å². The van der Waals surface area contributed by atoms with E-state index in [1.807, 2.05) is 13.8 Å². The van der Waals surface area contributed by atoms with Crippen molar-refractivity contribution in [1.82, 2.24) is 4.90 Å². The summed E-state index contributed by atoms with van der Waals surface area (Å²) < 4.78 is 5.67. The number of nitrogens with two attached hydrogens (primary N) is 1. The maximum absolute atomic E-state index is 5.83. The third-order valence-corrected chi connectivity index (χ3v) is 3.35. The second kappa shape index (κ2) is 7.65. The molecule has 0 aliphatic rings. The molecule has 0 radical (unpaired) electrons. The number of nitrogens with zero attached hydrogens (tertiary/aromatic N) is 1. The number of ether oxygens (including phenoxy) is 1. The summed E-state index contributed by atoms with van der Waals surface area (Å²) >= 11 is 0. The Morgan fingerprint density at radius 3 is 2.25 bits per heavy atom. The fraction of sp³-hybridized carbons (Fsp3) is 0.647.